The van der Waals surface area contributed by atoms with Crippen LogP contribution in [0.3, 0.4) is 0 Å². The lowest BCUT2D eigenvalue weighted by Gasteiger charge is -2.35. The highest BCUT2D eigenvalue weighted by Crippen LogP contribution is 2.26. The molecule has 1 unspecified atom stereocenters. The molecule has 0 aromatic heterocycles. The molecule has 1 aliphatic heterocycles. The molecule has 0 bridgehead atoms. The zero-order valence-electron chi connectivity index (χ0n) is 16.3. The summed E-state index contributed by atoms with van der Waals surface area (Å²) in [6.45, 7) is 7.91. The first kappa shape index (κ1) is 19.9. The number of amides is 3. The van der Waals surface area contributed by atoms with E-state index in [1.165, 1.54) is 0 Å². The molecule has 1 heterocycles. The summed E-state index contributed by atoms with van der Waals surface area (Å²) in [5.41, 5.74) is 1.34. The van der Waals surface area contributed by atoms with Crippen LogP contribution < -0.4 is 10.6 Å². The van der Waals surface area contributed by atoms with Gasteiger partial charge in [0.15, 0.2) is 0 Å². The Morgan fingerprint density at radius 1 is 1.15 bits per heavy atom. The van der Waals surface area contributed by atoms with Crippen molar-refractivity contribution in [3.63, 3.8) is 0 Å². The molecule has 1 aromatic rings. The van der Waals surface area contributed by atoms with Crippen molar-refractivity contribution in [2.75, 3.05) is 18.9 Å². The summed E-state index contributed by atoms with van der Waals surface area (Å²) >= 11 is 0. The monoisotopic (exact) mass is 359 g/mol. The Morgan fingerprint density at radius 3 is 2.46 bits per heavy atom. The minimum absolute atomic E-state index is 0.105. The van der Waals surface area contributed by atoms with Gasteiger partial charge in [0.2, 0.25) is 11.8 Å². The van der Waals surface area contributed by atoms with E-state index < -0.39 is 11.5 Å². The van der Waals surface area contributed by atoms with E-state index in [1.807, 2.05) is 27.7 Å². The van der Waals surface area contributed by atoms with Crippen LogP contribution in [-0.4, -0.2) is 42.3 Å². The number of carbonyl (C=O) groups excluding carboxylic acids is 3. The Labute approximate surface area is 155 Å². The second-order valence-electron chi connectivity index (χ2n) is 7.81. The van der Waals surface area contributed by atoms with Crippen LogP contribution >= 0.6 is 0 Å². The quantitative estimate of drug-likeness (QED) is 0.871. The number of anilines is 1. The number of piperidine rings is 1. The summed E-state index contributed by atoms with van der Waals surface area (Å²) < 4.78 is 0. The zero-order valence-corrected chi connectivity index (χ0v) is 16.3. The van der Waals surface area contributed by atoms with Gasteiger partial charge in [0, 0.05) is 30.3 Å². The number of nitrogens with zero attached hydrogens (tertiary/aromatic N) is 1. The second-order valence-corrected chi connectivity index (χ2v) is 7.81. The summed E-state index contributed by atoms with van der Waals surface area (Å²) in [5.74, 6) is -0.401. The molecule has 0 radical (unpaired) electrons. The number of nitrogens with one attached hydrogen (secondary N) is 2. The average Bonchev–Trinajstić information content (AvgIpc) is 2.61. The second kappa shape index (κ2) is 7.89. The summed E-state index contributed by atoms with van der Waals surface area (Å²) in [6.07, 6.45) is 2.49. The molecule has 2 rings (SSSR count). The maximum Gasteiger partial charge on any atom is 0.254 e. The molecule has 1 atom stereocenters. The first-order valence-electron chi connectivity index (χ1n) is 9.10. The van der Waals surface area contributed by atoms with E-state index in [0.29, 0.717) is 24.2 Å². The molecule has 26 heavy (non-hydrogen) atoms. The first-order valence-corrected chi connectivity index (χ1v) is 9.10. The average molecular weight is 359 g/mol. The predicted molar refractivity (Wildman–Crippen MR) is 102 cm³/mol. The number of benzene rings is 1. The van der Waals surface area contributed by atoms with Crippen LogP contribution in [0.15, 0.2) is 18.2 Å². The Kier molecular flexibility index (Phi) is 6.05. The van der Waals surface area contributed by atoms with Crippen molar-refractivity contribution in [1.29, 1.82) is 0 Å². The number of carbonyl (C=O) groups is 3. The summed E-state index contributed by atoms with van der Waals surface area (Å²) in [4.78, 5) is 39.2. The third-order valence-electron chi connectivity index (χ3n) is 4.81. The Balaban J connectivity index is 2.30. The van der Waals surface area contributed by atoms with Gasteiger partial charge < -0.3 is 15.5 Å². The molecule has 1 aliphatic rings. The van der Waals surface area contributed by atoms with Crippen molar-refractivity contribution in [2.24, 2.45) is 5.41 Å². The van der Waals surface area contributed by atoms with Gasteiger partial charge >= 0.3 is 0 Å². The molecule has 142 valence electrons. The fourth-order valence-corrected chi connectivity index (χ4v) is 3.08. The van der Waals surface area contributed by atoms with Crippen molar-refractivity contribution in [2.45, 2.75) is 53.0 Å². The third kappa shape index (κ3) is 4.23. The summed E-state index contributed by atoms with van der Waals surface area (Å²) in [6, 6.07) is 4.87. The number of rotatable bonds is 3. The number of hydrogen-bond donors (Lipinski definition) is 2. The molecule has 3 amide bonds. The molecule has 6 heteroatoms. The first-order chi connectivity index (χ1) is 12.2. The van der Waals surface area contributed by atoms with Gasteiger partial charge in [-0.2, -0.15) is 0 Å². The number of likely N-dealkylation sites (tertiary alicyclic amines) is 1. The lowest BCUT2D eigenvalue weighted by Crippen LogP contribution is -2.51. The molecular weight excluding hydrogens is 330 g/mol. The molecule has 0 spiro atoms. The lowest BCUT2D eigenvalue weighted by molar-refractivity contribution is -0.126. The molecule has 0 aliphatic carbocycles. The third-order valence-corrected chi connectivity index (χ3v) is 4.81. The van der Waals surface area contributed by atoms with Crippen molar-refractivity contribution >= 4 is 23.4 Å². The van der Waals surface area contributed by atoms with Crippen LogP contribution in [0.2, 0.25) is 0 Å². The van der Waals surface area contributed by atoms with Gasteiger partial charge in [0.25, 0.3) is 5.91 Å². The molecule has 1 fully saturated rings. The van der Waals surface area contributed by atoms with E-state index in [4.69, 9.17) is 0 Å². The topological polar surface area (TPSA) is 78.5 Å². The number of likely N-dealkylation sites (N-methyl/N-ethyl adjacent to an activating group) is 1. The Bertz CT molecular complexity index is 707. The smallest absolute Gasteiger partial charge is 0.254 e. The van der Waals surface area contributed by atoms with Crippen molar-refractivity contribution in [3.05, 3.63) is 29.3 Å². The van der Waals surface area contributed by atoms with E-state index in [0.717, 1.165) is 18.4 Å². The van der Waals surface area contributed by atoms with Crippen molar-refractivity contribution in [1.82, 2.24) is 10.2 Å². The van der Waals surface area contributed by atoms with Crippen LogP contribution in [0.25, 0.3) is 0 Å². The van der Waals surface area contributed by atoms with Gasteiger partial charge in [-0.1, -0.05) is 26.8 Å². The summed E-state index contributed by atoms with van der Waals surface area (Å²) in [5, 5.41) is 5.55. The van der Waals surface area contributed by atoms with E-state index in [9.17, 15) is 14.4 Å². The van der Waals surface area contributed by atoms with Crippen LogP contribution in [0.4, 0.5) is 5.69 Å². The Hall–Kier alpha value is -2.37. The molecule has 1 saturated heterocycles. The molecule has 2 N–H and O–H groups in total. The highest BCUT2D eigenvalue weighted by atomic mass is 16.2. The minimum atomic E-state index is -0.524. The van der Waals surface area contributed by atoms with Gasteiger partial charge in [-0.15, -0.1) is 0 Å². The van der Waals surface area contributed by atoms with Crippen LogP contribution in [0.5, 0.6) is 0 Å². The number of hydrogen-bond acceptors (Lipinski definition) is 3. The van der Waals surface area contributed by atoms with Crippen LogP contribution in [-0.2, 0) is 9.59 Å². The lowest BCUT2D eigenvalue weighted by atomic mass is 9.95. The van der Waals surface area contributed by atoms with Gasteiger partial charge in [0.05, 0.1) is 0 Å². The van der Waals surface area contributed by atoms with Gasteiger partial charge in [-0.3, -0.25) is 14.4 Å². The van der Waals surface area contributed by atoms with Crippen molar-refractivity contribution < 1.29 is 14.4 Å². The largest absolute Gasteiger partial charge is 0.357 e. The molecule has 1 aromatic carbocycles. The fourth-order valence-electron chi connectivity index (χ4n) is 3.08. The minimum Gasteiger partial charge on any atom is -0.357 e. The SMILES string of the molecule is CNC(=O)C1CCCCN1C(=O)c1cccc(NC(=O)C(C)(C)C)c1C. The van der Waals surface area contributed by atoms with Gasteiger partial charge in [-0.05, 0) is 43.9 Å². The van der Waals surface area contributed by atoms with Gasteiger partial charge in [-0.25, -0.2) is 0 Å². The van der Waals surface area contributed by atoms with E-state index >= 15 is 0 Å². The van der Waals surface area contributed by atoms with Gasteiger partial charge in [0.1, 0.15) is 6.04 Å². The van der Waals surface area contributed by atoms with E-state index in [1.54, 1.807) is 30.1 Å². The fraction of sp³-hybridized carbons (Fsp3) is 0.550. The van der Waals surface area contributed by atoms with E-state index in [-0.39, 0.29) is 17.7 Å². The maximum atomic E-state index is 13.1. The summed E-state index contributed by atoms with van der Waals surface area (Å²) in [7, 11) is 1.59. The Morgan fingerprint density at radius 2 is 1.85 bits per heavy atom. The molecular formula is C20H29N3O3. The molecule has 6 nitrogen and oxygen atoms in total. The van der Waals surface area contributed by atoms with E-state index in [2.05, 4.69) is 10.6 Å². The predicted octanol–water partition coefficient (Wildman–Crippen LogP) is 2.72. The van der Waals surface area contributed by atoms with Crippen molar-refractivity contribution in [3.8, 4) is 0 Å². The van der Waals surface area contributed by atoms with Crippen LogP contribution in [0, 0.1) is 12.3 Å². The maximum absolute atomic E-state index is 13.1. The normalized spacial score (nSPS) is 17.6. The zero-order chi connectivity index (χ0) is 19.5. The highest BCUT2D eigenvalue weighted by molar-refractivity contribution is 6.02. The highest BCUT2D eigenvalue weighted by Gasteiger charge is 2.33. The molecule has 0 saturated carbocycles. The standard InChI is InChI=1S/C20H29N3O3/c1-13-14(9-8-10-15(13)22-19(26)20(2,3)4)18(25)23-12-7-6-11-16(23)17(24)21-5/h8-10,16H,6-7,11-12H2,1-5H3,(H,21,24)(H,22,26). The van der Waals surface area contributed by atoms with Crippen LogP contribution in [0.1, 0.15) is 56.0 Å².